The Morgan fingerprint density at radius 3 is 2.57 bits per heavy atom. The van der Waals surface area contributed by atoms with Gasteiger partial charge in [0.05, 0.1) is 0 Å². The molecule has 0 unspecified atom stereocenters. The summed E-state index contributed by atoms with van der Waals surface area (Å²) in [5.41, 5.74) is 6.86. The molecule has 23 heavy (non-hydrogen) atoms. The second-order valence-electron chi connectivity index (χ2n) is 6.02. The van der Waals surface area contributed by atoms with Crippen LogP contribution in [0.15, 0.2) is 54.6 Å². The minimum Gasteiger partial charge on any atom is -1.00 e. The van der Waals surface area contributed by atoms with Crippen LogP contribution < -0.4 is 17.4 Å². The Morgan fingerprint density at radius 1 is 0.913 bits per heavy atom. The monoisotopic (exact) mass is 324 g/mol. The molecule has 3 heteroatoms. The van der Waals surface area contributed by atoms with Crippen LogP contribution in [-0.4, -0.2) is 17.2 Å². The Kier molecular flexibility index (Phi) is 4.82. The lowest BCUT2D eigenvalue weighted by Gasteiger charge is -2.10. The van der Waals surface area contributed by atoms with Crippen LogP contribution in [-0.2, 0) is 12.8 Å². The van der Waals surface area contributed by atoms with Crippen LogP contribution in [0.3, 0.4) is 0 Å². The van der Waals surface area contributed by atoms with Crippen molar-refractivity contribution in [1.29, 1.82) is 0 Å². The van der Waals surface area contributed by atoms with Crippen LogP contribution in [0.1, 0.15) is 29.7 Å². The highest BCUT2D eigenvalue weighted by Gasteiger charge is 2.23. The number of benzene rings is 2. The second-order valence-corrected chi connectivity index (χ2v) is 6.02. The first kappa shape index (κ1) is 15.8. The van der Waals surface area contributed by atoms with Gasteiger partial charge in [-0.05, 0) is 30.0 Å². The van der Waals surface area contributed by atoms with Crippen molar-refractivity contribution in [1.82, 2.24) is 4.98 Å². The third-order valence-electron chi connectivity index (χ3n) is 4.56. The topological polar surface area (TPSA) is 29.8 Å². The highest BCUT2D eigenvalue weighted by atomic mass is 35.5. The van der Waals surface area contributed by atoms with Crippen molar-refractivity contribution in [3.63, 3.8) is 0 Å². The average Bonchev–Trinajstić information content (AvgIpc) is 2.96. The van der Waals surface area contributed by atoms with Gasteiger partial charge in [-0.2, -0.15) is 0 Å². The van der Waals surface area contributed by atoms with Crippen LogP contribution in [0.5, 0.6) is 0 Å². The molecule has 4 rings (SSSR count). The van der Waals surface area contributed by atoms with E-state index >= 15 is 0 Å². The van der Waals surface area contributed by atoms with Crippen molar-refractivity contribution in [3.05, 3.63) is 71.4 Å². The molecule has 0 saturated heterocycles. The van der Waals surface area contributed by atoms with Gasteiger partial charge in [0, 0.05) is 23.7 Å². The van der Waals surface area contributed by atoms with Crippen LogP contribution in [0.4, 0.5) is 0 Å². The SMILES string of the molecule is [Cl-].c1ccc(CC[NH+]=C2CCCc3c2[nH]c2ccccc32)cc1. The van der Waals surface area contributed by atoms with Gasteiger partial charge in [-0.3, -0.25) is 0 Å². The normalized spacial score (nSPS) is 15.4. The van der Waals surface area contributed by atoms with Crippen molar-refractivity contribution in [2.75, 3.05) is 6.54 Å². The molecular weight excluding hydrogens is 304 g/mol. The molecule has 0 fully saturated rings. The lowest BCUT2D eigenvalue weighted by Crippen LogP contribution is -3.00. The highest BCUT2D eigenvalue weighted by Crippen LogP contribution is 2.27. The van der Waals surface area contributed by atoms with Gasteiger partial charge >= 0.3 is 0 Å². The molecule has 0 saturated carbocycles. The maximum atomic E-state index is 3.67. The van der Waals surface area contributed by atoms with Gasteiger partial charge < -0.3 is 17.4 Å². The number of hydrogen-bond acceptors (Lipinski definition) is 0. The number of aromatic amines is 1. The summed E-state index contributed by atoms with van der Waals surface area (Å²) in [5, 5.41) is 1.39. The van der Waals surface area contributed by atoms with E-state index in [0.29, 0.717) is 0 Å². The van der Waals surface area contributed by atoms with Crippen LogP contribution >= 0.6 is 0 Å². The molecule has 0 atom stereocenters. The predicted molar refractivity (Wildman–Crippen MR) is 91.3 cm³/mol. The minimum atomic E-state index is 0. The first-order valence-corrected chi connectivity index (χ1v) is 8.15. The molecule has 2 N–H and O–H groups in total. The van der Waals surface area contributed by atoms with E-state index in [1.807, 2.05) is 0 Å². The fourth-order valence-electron chi connectivity index (χ4n) is 3.46. The number of aryl methyl sites for hydroxylation is 1. The van der Waals surface area contributed by atoms with E-state index < -0.39 is 0 Å². The summed E-state index contributed by atoms with van der Waals surface area (Å²) in [4.78, 5) is 7.29. The molecule has 0 aliphatic heterocycles. The Balaban J connectivity index is 0.00000156. The largest absolute Gasteiger partial charge is 1.00 e. The molecule has 0 bridgehead atoms. The molecule has 2 aromatic carbocycles. The summed E-state index contributed by atoms with van der Waals surface area (Å²) in [5.74, 6) is 0. The number of rotatable bonds is 3. The third kappa shape index (κ3) is 3.18. The Labute approximate surface area is 143 Å². The van der Waals surface area contributed by atoms with Gasteiger partial charge in [0.1, 0.15) is 12.2 Å². The summed E-state index contributed by atoms with van der Waals surface area (Å²) in [6.45, 7) is 0.994. The van der Waals surface area contributed by atoms with Crippen molar-refractivity contribution in [2.24, 2.45) is 0 Å². The summed E-state index contributed by atoms with van der Waals surface area (Å²) in [7, 11) is 0. The highest BCUT2D eigenvalue weighted by molar-refractivity contribution is 6.03. The predicted octanol–water partition coefficient (Wildman–Crippen LogP) is -0.379. The number of fused-ring (bicyclic) bond motifs is 3. The number of aromatic nitrogens is 1. The molecule has 0 radical (unpaired) electrons. The van der Waals surface area contributed by atoms with Gasteiger partial charge in [-0.15, -0.1) is 0 Å². The fraction of sp³-hybridized carbons (Fsp3) is 0.250. The number of hydrogen-bond donors (Lipinski definition) is 2. The smallest absolute Gasteiger partial charge is 0.198 e. The quantitative estimate of drug-likeness (QED) is 0.658. The van der Waals surface area contributed by atoms with E-state index in [-0.39, 0.29) is 12.4 Å². The Hall–Kier alpha value is -2.06. The number of para-hydroxylation sites is 1. The molecule has 0 amide bonds. The average molecular weight is 325 g/mol. The van der Waals surface area contributed by atoms with E-state index in [2.05, 4.69) is 64.6 Å². The standard InChI is InChI=1S/C20H20N2.ClH/c1-2-7-15(8-3-1)13-14-21-19-12-6-10-17-16-9-4-5-11-18(16)22-20(17)19;/h1-5,7-9,11,22H,6,10,12-14H2;1H. The lowest BCUT2D eigenvalue weighted by atomic mass is 9.94. The maximum absolute atomic E-state index is 3.67. The van der Waals surface area contributed by atoms with E-state index in [0.717, 1.165) is 19.4 Å². The Bertz CT molecular complexity index is 818. The number of H-pyrrole nitrogens is 1. The molecule has 1 aliphatic carbocycles. The van der Waals surface area contributed by atoms with Crippen LogP contribution in [0.2, 0.25) is 0 Å². The molecule has 118 valence electrons. The molecule has 1 heterocycles. The summed E-state index contributed by atoms with van der Waals surface area (Å²) >= 11 is 0. The zero-order valence-electron chi connectivity index (χ0n) is 13.1. The van der Waals surface area contributed by atoms with E-state index in [1.165, 1.54) is 46.3 Å². The fourth-order valence-corrected chi connectivity index (χ4v) is 3.46. The van der Waals surface area contributed by atoms with Crippen molar-refractivity contribution in [2.45, 2.75) is 25.7 Å². The van der Waals surface area contributed by atoms with Crippen molar-refractivity contribution < 1.29 is 17.4 Å². The molecule has 1 aliphatic rings. The van der Waals surface area contributed by atoms with E-state index in [1.54, 1.807) is 0 Å². The molecule has 3 aromatic rings. The molecule has 2 nitrogen and oxygen atoms in total. The van der Waals surface area contributed by atoms with Crippen LogP contribution in [0.25, 0.3) is 10.9 Å². The maximum Gasteiger partial charge on any atom is 0.198 e. The number of halogens is 1. The van der Waals surface area contributed by atoms with Gasteiger partial charge in [0.25, 0.3) is 0 Å². The van der Waals surface area contributed by atoms with Crippen molar-refractivity contribution >= 4 is 16.6 Å². The zero-order valence-corrected chi connectivity index (χ0v) is 13.9. The van der Waals surface area contributed by atoms with Crippen molar-refractivity contribution in [3.8, 4) is 0 Å². The zero-order chi connectivity index (χ0) is 14.8. The van der Waals surface area contributed by atoms with Gasteiger partial charge in [0.2, 0.25) is 0 Å². The summed E-state index contributed by atoms with van der Waals surface area (Å²) in [6, 6.07) is 19.3. The molecule has 0 spiro atoms. The van der Waals surface area contributed by atoms with Gasteiger partial charge in [-0.25, -0.2) is 4.99 Å². The minimum absolute atomic E-state index is 0. The third-order valence-corrected chi connectivity index (χ3v) is 4.56. The summed E-state index contributed by atoms with van der Waals surface area (Å²) < 4.78 is 0. The van der Waals surface area contributed by atoms with E-state index in [9.17, 15) is 0 Å². The second kappa shape index (κ2) is 7.01. The van der Waals surface area contributed by atoms with E-state index in [4.69, 9.17) is 0 Å². The first-order chi connectivity index (χ1) is 10.9. The summed E-state index contributed by atoms with van der Waals surface area (Å²) in [6.07, 6.45) is 4.64. The van der Waals surface area contributed by atoms with Crippen LogP contribution in [0, 0.1) is 0 Å². The first-order valence-electron chi connectivity index (χ1n) is 8.15. The van der Waals surface area contributed by atoms with Gasteiger partial charge in [0.15, 0.2) is 5.71 Å². The number of nitrogens with one attached hydrogen (secondary N) is 2. The molecular formula is C20H21ClN2. The van der Waals surface area contributed by atoms with Gasteiger partial charge in [-0.1, -0.05) is 48.5 Å². The Morgan fingerprint density at radius 2 is 1.70 bits per heavy atom. The lowest BCUT2D eigenvalue weighted by molar-refractivity contribution is -0.457. The molecule has 1 aromatic heterocycles.